The van der Waals surface area contributed by atoms with Crippen LogP contribution in [0.25, 0.3) is 0 Å². The molecule has 0 spiro atoms. The summed E-state index contributed by atoms with van der Waals surface area (Å²) in [5.41, 5.74) is 3.91. The molecule has 1 N–H and O–H groups in total. The summed E-state index contributed by atoms with van der Waals surface area (Å²) in [6.45, 7) is 10.2. The molecule has 2 rings (SSSR count). The van der Waals surface area contributed by atoms with E-state index in [1.807, 2.05) is 46.8 Å². The van der Waals surface area contributed by atoms with Gasteiger partial charge in [0.2, 0.25) is 11.8 Å². The van der Waals surface area contributed by atoms with Crippen molar-refractivity contribution in [3.63, 3.8) is 0 Å². The summed E-state index contributed by atoms with van der Waals surface area (Å²) in [7, 11) is 0. The van der Waals surface area contributed by atoms with Crippen LogP contribution in [0.2, 0.25) is 10.0 Å². The van der Waals surface area contributed by atoms with Gasteiger partial charge in [-0.15, -0.1) is 0 Å². The van der Waals surface area contributed by atoms with Crippen LogP contribution in [0.5, 0.6) is 0 Å². The average molecular weight is 463 g/mol. The van der Waals surface area contributed by atoms with Gasteiger partial charge in [0.1, 0.15) is 6.04 Å². The lowest BCUT2D eigenvalue weighted by Crippen LogP contribution is -2.51. The summed E-state index contributed by atoms with van der Waals surface area (Å²) in [6.07, 6.45) is 1.55. The molecule has 31 heavy (non-hydrogen) atoms. The monoisotopic (exact) mass is 462 g/mol. The van der Waals surface area contributed by atoms with E-state index in [0.29, 0.717) is 16.5 Å². The molecule has 0 saturated carbocycles. The first-order valence-electron chi connectivity index (χ1n) is 10.8. The van der Waals surface area contributed by atoms with E-state index >= 15 is 0 Å². The largest absolute Gasteiger partial charge is 0.352 e. The molecule has 0 unspecified atom stereocenters. The standard InChI is InChI=1S/C25H32Cl2N2O2/c1-6-18(5)28-25(31)23(7-2)29(15-20-8-9-21(26)14-22(20)27)24(30)13-19-11-16(3)10-17(4)12-19/h8-12,14,18,23H,6-7,13,15H2,1-5H3,(H,28,31)/t18-,23+/m1/s1. The second-order valence-electron chi connectivity index (χ2n) is 8.17. The van der Waals surface area contributed by atoms with Crippen molar-refractivity contribution < 1.29 is 9.59 Å². The van der Waals surface area contributed by atoms with Crippen molar-refractivity contribution in [1.29, 1.82) is 0 Å². The fourth-order valence-corrected chi connectivity index (χ4v) is 4.11. The maximum Gasteiger partial charge on any atom is 0.243 e. The van der Waals surface area contributed by atoms with Crippen molar-refractivity contribution in [2.24, 2.45) is 0 Å². The van der Waals surface area contributed by atoms with Crippen LogP contribution in [0.4, 0.5) is 0 Å². The molecule has 0 bridgehead atoms. The average Bonchev–Trinajstić information content (AvgIpc) is 2.68. The molecule has 0 radical (unpaired) electrons. The molecule has 0 heterocycles. The molecule has 0 fully saturated rings. The SMILES string of the molecule is CC[C@@H](C)NC(=O)[C@H](CC)N(Cc1ccc(Cl)cc1Cl)C(=O)Cc1cc(C)cc(C)c1. The summed E-state index contributed by atoms with van der Waals surface area (Å²) in [4.78, 5) is 28.1. The van der Waals surface area contributed by atoms with E-state index in [1.165, 1.54) is 0 Å². The van der Waals surface area contributed by atoms with Crippen LogP contribution in [0.1, 0.15) is 55.9 Å². The Bertz CT molecular complexity index is 909. The Morgan fingerprint density at radius 2 is 1.65 bits per heavy atom. The number of nitrogens with one attached hydrogen (secondary N) is 1. The normalized spacial score (nSPS) is 12.9. The molecular formula is C25H32Cl2N2O2. The quantitative estimate of drug-likeness (QED) is 0.505. The fourth-order valence-electron chi connectivity index (χ4n) is 3.64. The lowest BCUT2D eigenvalue weighted by atomic mass is 10.0. The van der Waals surface area contributed by atoms with Gasteiger partial charge in [-0.25, -0.2) is 0 Å². The van der Waals surface area contributed by atoms with Crippen LogP contribution in [0, 0.1) is 13.8 Å². The first kappa shape index (κ1) is 25.2. The zero-order valence-electron chi connectivity index (χ0n) is 19.0. The van der Waals surface area contributed by atoms with Crippen molar-refractivity contribution >= 4 is 35.0 Å². The molecule has 2 aromatic rings. The Hall–Kier alpha value is -2.04. The number of hydrogen-bond donors (Lipinski definition) is 1. The van der Waals surface area contributed by atoms with Gasteiger partial charge in [-0.1, -0.05) is 72.4 Å². The highest BCUT2D eigenvalue weighted by Gasteiger charge is 2.29. The van der Waals surface area contributed by atoms with Crippen molar-refractivity contribution in [2.75, 3.05) is 0 Å². The van der Waals surface area contributed by atoms with Gasteiger partial charge in [-0.2, -0.15) is 0 Å². The molecule has 168 valence electrons. The fraction of sp³-hybridized carbons (Fsp3) is 0.440. The number of halogens is 2. The second-order valence-corrected chi connectivity index (χ2v) is 9.02. The minimum Gasteiger partial charge on any atom is -0.352 e. The van der Waals surface area contributed by atoms with Crippen molar-refractivity contribution in [3.05, 3.63) is 68.7 Å². The van der Waals surface area contributed by atoms with Crippen LogP contribution in [-0.4, -0.2) is 28.8 Å². The molecule has 0 aliphatic heterocycles. The maximum atomic E-state index is 13.5. The van der Waals surface area contributed by atoms with E-state index in [0.717, 1.165) is 28.7 Å². The predicted molar refractivity (Wildman–Crippen MR) is 129 cm³/mol. The topological polar surface area (TPSA) is 49.4 Å². The molecular weight excluding hydrogens is 431 g/mol. The molecule has 0 aliphatic carbocycles. The van der Waals surface area contributed by atoms with Gasteiger partial charge in [0.05, 0.1) is 6.42 Å². The van der Waals surface area contributed by atoms with Crippen molar-refractivity contribution in [3.8, 4) is 0 Å². The first-order chi connectivity index (χ1) is 14.6. The van der Waals surface area contributed by atoms with Crippen LogP contribution in [0.15, 0.2) is 36.4 Å². The van der Waals surface area contributed by atoms with Crippen LogP contribution >= 0.6 is 23.2 Å². The zero-order chi connectivity index (χ0) is 23.1. The minimum atomic E-state index is -0.584. The van der Waals surface area contributed by atoms with Crippen LogP contribution in [0.3, 0.4) is 0 Å². The Labute approximate surface area is 195 Å². The predicted octanol–water partition coefficient (Wildman–Crippen LogP) is 5.87. The lowest BCUT2D eigenvalue weighted by molar-refractivity contribution is -0.141. The molecule has 2 atom stereocenters. The van der Waals surface area contributed by atoms with E-state index in [-0.39, 0.29) is 30.8 Å². The van der Waals surface area contributed by atoms with Gasteiger partial charge < -0.3 is 10.2 Å². The molecule has 2 aromatic carbocycles. The maximum absolute atomic E-state index is 13.5. The van der Waals surface area contributed by atoms with Gasteiger partial charge in [-0.3, -0.25) is 9.59 Å². The number of hydrogen-bond acceptors (Lipinski definition) is 2. The van der Waals surface area contributed by atoms with E-state index in [1.54, 1.807) is 23.1 Å². The van der Waals surface area contributed by atoms with E-state index in [9.17, 15) is 9.59 Å². The highest BCUT2D eigenvalue weighted by atomic mass is 35.5. The van der Waals surface area contributed by atoms with Gasteiger partial charge in [0, 0.05) is 22.6 Å². The van der Waals surface area contributed by atoms with Crippen LogP contribution < -0.4 is 5.32 Å². The smallest absolute Gasteiger partial charge is 0.243 e. The van der Waals surface area contributed by atoms with E-state index in [4.69, 9.17) is 23.2 Å². The van der Waals surface area contributed by atoms with Gasteiger partial charge in [0.15, 0.2) is 0 Å². The highest BCUT2D eigenvalue weighted by molar-refractivity contribution is 6.35. The van der Waals surface area contributed by atoms with Gasteiger partial charge in [-0.05, 0) is 56.9 Å². The molecule has 4 nitrogen and oxygen atoms in total. The third kappa shape index (κ3) is 7.26. The van der Waals surface area contributed by atoms with Crippen molar-refractivity contribution in [1.82, 2.24) is 10.2 Å². The van der Waals surface area contributed by atoms with E-state index < -0.39 is 6.04 Å². The third-order valence-corrected chi connectivity index (χ3v) is 5.97. The Kier molecular flexibility index (Phi) is 9.39. The summed E-state index contributed by atoms with van der Waals surface area (Å²) in [6, 6.07) is 10.8. The lowest BCUT2D eigenvalue weighted by Gasteiger charge is -2.32. The zero-order valence-corrected chi connectivity index (χ0v) is 20.5. The number of benzene rings is 2. The van der Waals surface area contributed by atoms with E-state index in [2.05, 4.69) is 11.4 Å². The molecule has 0 aromatic heterocycles. The molecule has 0 aliphatic rings. The highest BCUT2D eigenvalue weighted by Crippen LogP contribution is 2.24. The van der Waals surface area contributed by atoms with Gasteiger partial charge >= 0.3 is 0 Å². The molecule has 2 amide bonds. The Morgan fingerprint density at radius 3 is 2.19 bits per heavy atom. The molecule has 0 saturated heterocycles. The number of carbonyl (C=O) groups is 2. The summed E-state index contributed by atoms with van der Waals surface area (Å²) in [5.74, 6) is -0.252. The Balaban J connectivity index is 2.37. The summed E-state index contributed by atoms with van der Waals surface area (Å²) < 4.78 is 0. The first-order valence-corrected chi connectivity index (χ1v) is 11.5. The van der Waals surface area contributed by atoms with Crippen LogP contribution in [-0.2, 0) is 22.6 Å². The second kappa shape index (κ2) is 11.5. The van der Waals surface area contributed by atoms with Gasteiger partial charge in [0.25, 0.3) is 0 Å². The number of rotatable bonds is 9. The number of amides is 2. The Morgan fingerprint density at radius 1 is 1.00 bits per heavy atom. The third-order valence-electron chi connectivity index (χ3n) is 5.38. The molecule has 6 heteroatoms. The minimum absolute atomic E-state index is 0.0389. The summed E-state index contributed by atoms with van der Waals surface area (Å²) >= 11 is 12.4. The summed E-state index contributed by atoms with van der Waals surface area (Å²) in [5, 5.41) is 4.03. The number of aryl methyl sites for hydroxylation is 2. The number of nitrogens with zero attached hydrogens (tertiary/aromatic N) is 1. The van der Waals surface area contributed by atoms with Crippen molar-refractivity contribution in [2.45, 2.75) is 72.5 Å². The number of carbonyl (C=O) groups excluding carboxylic acids is 2.